The van der Waals surface area contributed by atoms with Crippen LogP contribution in [0.4, 0.5) is 0 Å². The van der Waals surface area contributed by atoms with Gasteiger partial charge >= 0.3 is 0 Å². The van der Waals surface area contributed by atoms with Crippen LogP contribution in [0.25, 0.3) is 10.9 Å². The zero-order chi connectivity index (χ0) is 10.8. The lowest BCUT2D eigenvalue weighted by atomic mass is 10.1. The van der Waals surface area contributed by atoms with Crippen molar-refractivity contribution in [1.29, 1.82) is 0 Å². The van der Waals surface area contributed by atoms with Gasteiger partial charge in [0.1, 0.15) is 6.10 Å². The molecule has 1 aromatic heterocycles. The van der Waals surface area contributed by atoms with Crippen molar-refractivity contribution in [2.24, 2.45) is 0 Å². The van der Waals surface area contributed by atoms with Gasteiger partial charge in [0.2, 0.25) is 0 Å². The van der Waals surface area contributed by atoms with Crippen LogP contribution in [0.5, 0.6) is 0 Å². The summed E-state index contributed by atoms with van der Waals surface area (Å²) in [6, 6.07) is 6.17. The third-order valence-corrected chi connectivity index (χ3v) is 2.57. The SMILES string of the molecule is Cc1ccc2[nH]cc(C(C)OC=O)c2c1. The van der Waals surface area contributed by atoms with E-state index in [1.54, 1.807) is 0 Å². The van der Waals surface area contributed by atoms with Gasteiger partial charge in [0, 0.05) is 22.7 Å². The first-order valence-electron chi connectivity index (χ1n) is 4.89. The Kier molecular flexibility index (Phi) is 2.46. The number of aryl methyl sites for hydroxylation is 1. The van der Waals surface area contributed by atoms with Crippen molar-refractivity contribution in [3.8, 4) is 0 Å². The number of nitrogens with one attached hydrogen (secondary N) is 1. The number of H-pyrrole nitrogens is 1. The van der Waals surface area contributed by atoms with Gasteiger partial charge in [-0.2, -0.15) is 0 Å². The molecule has 0 aliphatic heterocycles. The second-order valence-corrected chi connectivity index (χ2v) is 3.67. The predicted octanol–water partition coefficient (Wildman–Crippen LogP) is 2.71. The number of aromatic amines is 1. The van der Waals surface area contributed by atoms with E-state index in [0.29, 0.717) is 6.47 Å². The van der Waals surface area contributed by atoms with Gasteiger partial charge in [-0.25, -0.2) is 0 Å². The molecule has 1 N–H and O–H groups in total. The number of carbonyl (C=O) groups excluding carboxylic acids is 1. The standard InChI is InChI=1S/C12H13NO2/c1-8-3-4-12-10(5-8)11(6-13-12)9(2)15-7-14/h3-7,9,13H,1-2H3. The third kappa shape index (κ3) is 1.73. The van der Waals surface area contributed by atoms with E-state index in [4.69, 9.17) is 4.74 Å². The summed E-state index contributed by atoms with van der Waals surface area (Å²) in [6.07, 6.45) is 1.68. The summed E-state index contributed by atoms with van der Waals surface area (Å²) in [7, 11) is 0. The van der Waals surface area contributed by atoms with Gasteiger partial charge < -0.3 is 9.72 Å². The molecule has 3 nitrogen and oxygen atoms in total. The monoisotopic (exact) mass is 203 g/mol. The van der Waals surface area contributed by atoms with Crippen molar-refractivity contribution in [2.75, 3.05) is 0 Å². The Hall–Kier alpha value is -1.77. The molecule has 0 radical (unpaired) electrons. The normalized spacial score (nSPS) is 12.7. The maximum Gasteiger partial charge on any atom is 0.293 e. The summed E-state index contributed by atoms with van der Waals surface area (Å²) in [5.41, 5.74) is 3.28. The summed E-state index contributed by atoms with van der Waals surface area (Å²) >= 11 is 0. The molecule has 0 saturated heterocycles. The fourth-order valence-electron chi connectivity index (χ4n) is 1.75. The molecule has 1 unspecified atom stereocenters. The molecule has 0 bridgehead atoms. The van der Waals surface area contributed by atoms with Crippen LogP contribution in [-0.4, -0.2) is 11.5 Å². The Labute approximate surface area is 88.1 Å². The number of hydrogen-bond donors (Lipinski definition) is 1. The van der Waals surface area contributed by atoms with Crippen LogP contribution in [0.15, 0.2) is 24.4 Å². The highest BCUT2D eigenvalue weighted by molar-refractivity contribution is 5.84. The zero-order valence-electron chi connectivity index (χ0n) is 8.78. The summed E-state index contributed by atoms with van der Waals surface area (Å²) in [5, 5.41) is 1.12. The maximum absolute atomic E-state index is 10.3. The topological polar surface area (TPSA) is 42.1 Å². The number of rotatable bonds is 3. The molecule has 0 saturated carbocycles. The molecular formula is C12H13NO2. The number of aromatic nitrogens is 1. The molecule has 0 aliphatic rings. The maximum atomic E-state index is 10.3. The molecule has 3 heteroatoms. The number of ether oxygens (including phenoxy) is 1. The zero-order valence-corrected chi connectivity index (χ0v) is 8.78. The van der Waals surface area contributed by atoms with Crippen LogP contribution in [0.2, 0.25) is 0 Å². The van der Waals surface area contributed by atoms with Crippen molar-refractivity contribution in [1.82, 2.24) is 4.98 Å². The Morgan fingerprint density at radius 3 is 3.00 bits per heavy atom. The molecule has 0 aliphatic carbocycles. The van der Waals surface area contributed by atoms with Gasteiger partial charge in [-0.15, -0.1) is 0 Å². The van der Waals surface area contributed by atoms with Crippen molar-refractivity contribution in [2.45, 2.75) is 20.0 Å². The molecule has 1 aromatic carbocycles. The lowest BCUT2D eigenvalue weighted by molar-refractivity contribution is -0.133. The van der Waals surface area contributed by atoms with Gasteiger partial charge in [-0.3, -0.25) is 4.79 Å². The van der Waals surface area contributed by atoms with Crippen LogP contribution in [-0.2, 0) is 9.53 Å². The van der Waals surface area contributed by atoms with E-state index in [0.717, 1.165) is 16.5 Å². The number of benzene rings is 1. The van der Waals surface area contributed by atoms with Crippen LogP contribution >= 0.6 is 0 Å². The van der Waals surface area contributed by atoms with E-state index in [1.807, 2.05) is 32.2 Å². The van der Waals surface area contributed by atoms with E-state index >= 15 is 0 Å². The number of hydrogen-bond acceptors (Lipinski definition) is 2. The quantitative estimate of drug-likeness (QED) is 0.779. The summed E-state index contributed by atoms with van der Waals surface area (Å²) in [4.78, 5) is 13.4. The highest BCUT2D eigenvalue weighted by Gasteiger charge is 2.11. The van der Waals surface area contributed by atoms with Gasteiger partial charge in [0.05, 0.1) is 0 Å². The predicted molar refractivity (Wildman–Crippen MR) is 58.6 cm³/mol. The van der Waals surface area contributed by atoms with E-state index in [2.05, 4.69) is 11.1 Å². The summed E-state index contributed by atoms with van der Waals surface area (Å²) < 4.78 is 4.93. The van der Waals surface area contributed by atoms with Gasteiger partial charge in [0.25, 0.3) is 6.47 Å². The molecule has 15 heavy (non-hydrogen) atoms. The van der Waals surface area contributed by atoms with Gasteiger partial charge in [-0.05, 0) is 26.0 Å². The van der Waals surface area contributed by atoms with Crippen molar-refractivity contribution < 1.29 is 9.53 Å². The van der Waals surface area contributed by atoms with Gasteiger partial charge in [-0.1, -0.05) is 11.6 Å². The van der Waals surface area contributed by atoms with Crippen LogP contribution in [0, 0.1) is 6.92 Å². The average Bonchev–Trinajstić information content (AvgIpc) is 2.60. The van der Waals surface area contributed by atoms with Crippen molar-refractivity contribution in [3.05, 3.63) is 35.5 Å². The molecule has 2 aromatic rings. The molecule has 2 rings (SSSR count). The Morgan fingerprint density at radius 2 is 2.27 bits per heavy atom. The van der Waals surface area contributed by atoms with E-state index < -0.39 is 0 Å². The molecule has 1 heterocycles. The highest BCUT2D eigenvalue weighted by atomic mass is 16.5. The molecule has 0 spiro atoms. The van der Waals surface area contributed by atoms with E-state index in [-0.39, 0.29) is 6.10 Å². The van der Waals surface area contributed by atoms with E-state index in [1.165, 1.54) is 5.56 Å². The van der Waals surface area contributed by atoms with E-state index in [9.17, 15) is 4.79 Å². The highest BCUT2D eigenvalue weighted by Crippen LogP contribution is 2.26. The minimum Gasteiger partial charge on any atom is -0.460 e. The average molecular weight is 203 g/mol. The number of carbonyl (C=O) groups is 1. The Balaban J connectivity index is 2.51. The summed E-state index contributed by atoms with van der Waals surface area (Å²) in [6.45, 7) is 4.39. The first-order chi connectivity index (χ1) is 7.22. The Bertz CT molecular complexity index is 487. The second-order valence-electron chi connectivity index (χ2n) is 3.67. The first kappa shape index (κ1) is 9.77. The molecular weight excluding hydrogens is 190 g/mol. The molecule has 1 atom stereocenters. The van der Waals surface area contributed by atoms with Crippen molar-refractivity contribution in [3.63, 3.8) is 0 Å². The van der Waals surface area contributed by atoms with Gasteiger partial charge in [0.15, 0.2) is 0 Å². The second kappa shape index (κ2) is 3.77. The third-order valence-electron chi connectivity index (χ3n) is 2.57. The first-order valence-corrected chi connectivity index (χ1v) is 4.89. The smallest absolute Gasteiger partial charge is 0.293 e. The molecule has 78 valence electrons. The van der Waals surface area contributed by atoms with Crippen LogP contribution in [0.1, 0.15) is 24.2 Å². The fourth-order valence-corrected chi connectivity index (χ4v) is 1.75. The lowest BCUT2D eigenvalue weighted by Crippen LogP contribution is -1.96. The van der Waals surface area contributed by atoms with Crippen LogP contribution < -0.4 is 0 Å². The minimum atomic E-state index is -0.210. The van der Waals surface area contributed by atoms with Crippen LogP contribution in [0.3, 0.4) is 0 Å². The molecule has 0 fully saturated rings. The Morgan fingerprint density at radius 1 is 1.47 bits per heavy atom. The van der Waals surface area contributed by atoms with Crippen molar-refractivity contribution >= 4 is 17.4 Å². The lowest BCUT2D eigenvalue weighted by Gasteiger charge is -2.07. The largest absolute Gasteiger partial charge is 0.460 e. The molecule has 0 amide bonds. The minimum absolute atomic E-state index is 0.210. The number of fused-ring (bicyclic) bond motifs is 1. The summed E-state index contributed by atoms with van der Waals surface area (Å²) in [5.74, 6) is 0. The fraction of sp³-hybridized carbons (Fsp3) is 0.250.